The Bertz CT molecular complexity index is 278. The maximum absolute atomic E-state index is 13.3. The number of rotatable bonds is 3. The summed E-state index contributed by atoms with van der Waals surface area (Å²) in [5.74, 6) is 0.118. The van der Waals surface area contributed by atoms with Gasteiger partial charge in [0.2, 0.25) is 0 Å². The summed E-state index contributed by atoms with van der Waals surface area (Å²) in [7, 11) is 0. The molecule has 1 rings (SSSR count). The molecular formula is C11H17ClFN. The Kier molecular flexibility index (Phi) is 5.73. The van der Waals surface area contributed by atoms with Crippen LogP contribution in [-0.2, 0) is 0 Å². The highest BCUT2D eigenvalue weighted by atomic mass is 35.5. The fourth-order valence-electron chi connectivity index (χ4n) is 1.31. The van der Waals surface area contributed by atoms with Crippen molar-refractivity contribution in [1.29, 1.82) is 0 Å². The van der Waals surface area contributed by atoms with Gasteiger partial charge in [0.15, 0.2) is 0 Å². The molecule has 0 aromatic heterocycles. The van der Waals surface area contributed by atoms with Gasteiger partial charge < -0.3 is 5.73 Å². The van der Waals surface area contributed by atoms with Crippen molar-refractivity contribution in [3.8, 4) is 0 Å². The summed E-state index contributed by atoms with van der Waals surface area (Å²) in [6.45, 7) is 4.10. The van der Waals surface area contributed by atoms with Crippen molar-refractivity contribution in [2.45, 2.75) is 26.3 Å². The molecule has 80 valence electrons. The lowest BCUT2D eigenvalue weighted by Crippen LogP contribution is -2.19. The first kappa shape index (κ1) is 13.4. The van der Waals surface area contributed by atoms with E-state index in [1.54, 1.807) is 12.1 Å². The maximum Gasteiger partial charge on any atom is 0.127 e. The third kappa shape index (κ3) is 2.96. The standard InChI is InChI=1S/C11H16FN.ClH/c1-3-8(2)11(13)9-6-4-5-7-10(9)12;/h4-8,11H,3,13H2,1-2H3;1H/t8?,11-;/m0./s1. The predicted molar refractivity (Wildman–Crippen MR) is 60.0 cm³/mol. The smallest absolute Gasteiger partial charge is 0.127 e. The van der Waals surface area contributed by atoms with E-state index in [1.807, 2.05) is 13.0 Å². The van der Waals surface area contributed by atoms with Gasteiger partial charge in [-0.15, -0.1) is 12.4 Å². The second-order valence-corrected chi connectivity index (χ2v) is 3.43. The molecule has 3 heteroatoms. The first-order chi connectivity index (χ1) is 6.16. The molecular weight excluding hydrogens is 201 g/mol. The minimum absolute atomic E-state index is 0. The molecule has 0 saturated heterocycles. The van der Waals surface area contributed by atoms with E-state index in [4.69, 9.17) is 5.73 Å². The molecule has 14 heavy (non-hydrogen) atoms. The van der Waals surface area contributed by atoms with Crippen LogP contribution < -0.4 is 5.73 Å². The van der Waals surface area contributed by atoms with Crippen LogP contribution in [0.15, 0.2) is 24.3 Å². The van der Waals surface area contributed by atoms with E-state index in [1.165, 1.54) is 6.07 Å². The second-order valence-electron chi connectivity index (χ2n) is 3.43. The number of benzene rings is 1. The second kappa shape index (κ2) is 5.99. The Morgan fingerprint density at radius 1 is 1.36 bits per heavy atom. The van der Waals surface area contributed by atoms with Crippen LogP contribution in [0.1, 0.15) is 31.9 Å². The summed E-state index contributed by atoms with van der Waals surface area (Å²) in [5, 5.41) is 0. The van der Waals surface area contributed by atoms with Crippen molar-refractivity contribution >= 4 is 12.4 Å². The van der Waals surface area contributed by atoms with E-state index < -0.39 is 0 Å². The molecule has 1 nitrogen and oxygen atoms in total. The SMILES string of the molecule is CCC(C)[C@H](N)c1ccccc1F.Cl. The highest BCUT2D eigenvalue weighted by molar-refractivity contribution is 5.85. The Morgan fingerprint density at radius 3 is 2.43 bits per heavy atom. The molecule has 2 atom stereocenters. The molecule has 0 heterocycles. The van der Waals surface area contributed by atoms with Crippen LogP contribution in [0.3, 0.4) is 0 Å². The lowest BCUT2D eigenvalue weighted by Gasteiger charge is -2.18. The average Bonchev–Trinajstić information content (AvgIpc) is 2.16. The van der Waals surface area contributed by atoms with Crippen molar-refractivity contribution in [3.05, 3.63) is 35.6 Å². The first-order valence-electron chi connectivity index (χ1n) is 4.66. The highest BCUT2D eigenvalue weighted by Gasteiger charge is 2.15. The Morgan fingerprint density at radius 2 is 1.93 bits per heavy atom. The fraction of sp³-hybridized carbons (Fsp3) is 0.455. The first-order valence-corrected chi connectivity index (χ1v) is 4.66. The maximum atomic E-state index is 13.3. The van der Waals surface area contributed by atoms with Crippen LogP contribution in [-0.4, -0.2) is 0 Å². The van der Waals surface area contributed by atoms with Gasteiger partial charge in [0.25, 0.3) is 0 Å². The fourth-order valence-corrected chi connectivity index (χ4v) is 1.31. The summed E-state index contributed by atoms with van der Waals surface area (Å²) in [6.07, 6.45) is 0.968. The molecule has 0 amide bonds. The minimum Gasteiger partial charge on any atom is -0.324 e. The van der Waals surface area contributed by atoms with E-state index in [-0.39, 0.29) is 24.3 Å². The third-order valence-electron chi connectivity index (χ3n) is 2.52. The van der Waals surface area contributed by atoms with Gasteiger partial charge >= 0.3 is 0 Å². The number of nitrogens with two attached hydrogens (primary N) is 1. The molecule has 0 aliphatic heterocycles. The normalized spacial score (nSPS) is 14.3. The predicted octanol–water partition coefficient (Wildman–Crippen LogP) is 3.29. The molecule has 0 fully saturated rings. The van der Waals surface area contributed by atoms with Gasteiger partial charge in [-0.2, -0.15) is 0 Å². The zero-order valence-electron chi connectivity index (χ0n) is 8.53. The van der Waals surface area contributed by atoms with Gasteiger partial charge in [-0.05, 0) is 12.0 Å². The van der Waals surface area contributed by atoms with Gasteiger partial charge in [-0.3, -0.25) is 0 Å². The monoisotopic (exact) mass is 217 g/mol. The topological polar surface area (TPSA) is 26.0 Å². The molecule has 1 aromatic rings. The van der Waals surface area contributed by atoms with Crippen LogP contribution in [0.4, 0.5) is 4.39 Å². The van der Waals surface area contributed by atoms with E-state index >= 15 is 0 Å². The summed E-state index contributed by atoms with van der Waals surface area (Å²) >= 11 is 0. The molecule has 0 aliphatic rings. The Hall–Kier alpha value is -0.600. The Balaban J connectivity index is 0.00000169. The highest BCUT2D eigenvalue weighted by Crippen LogP contribution is 2.23. The molecule has 0 saturated carbocycles. The lowest BCUT2D eigenvalue weighted by molar-refractivity contribution is 0.439. The van der Waals surface area contributed by atoms with Gasteiger partial charge in [0.1, 0.15) is 5.82 Å². The molecule has 2 N–H and O–H groups in total. The number of halogens is 2. The zero-order valence-corrected chi connectivity index (χ0v) is 9.35. The summed E-state index contributed by atoms with van der Waals surface area (Å²) in [5.41, 5.74) is 6.53. The van der Waals surface area contributed by atoms with Gasteiger partial charge in [-0.1, -0.05) is 38.5 Å². The quantitative estimate of drug-likeness (QED) is 0.826. The molecule has 0 radical (unpaired) electrons. The number of hydrogen-bond acceptors (Lipinski definition) is 1. The molecule has 1 unspecified atom stereocenters. The number of hydrogen-bond donors (Lipinski definition) is 1. The van der Waals surface area contributed by atoms with Crippen molar-refractivity contribution in [1.82, 2.24) is 0 Å². The van der Waals surface area contributed by atoms with Gasteiger partial charge in [0, 0.05) is 11.6 Å². The van der Waals surface area contributed by atoms with E-state index in [0.717, 1.165) is 6.42 Å². The van der Waals surface area contributed by atoms with Crippen LogP contribution >= 0.6 is 12.4 Å². The van der Waals surface area contributed by atoms with Crippen LogP contribution in [0, 0.1) is 11.7 Å². The average molecular weight is 218 g/mol. The largest absolute Gasteiger partial charge is 0.324 e. The summed E-state index contributed by atoms with van der Waals surface area (Å²) in [4.78, 5) is 0. The molecule has 0 aliphatic carbocycles. The Labute approximate surface area is 90.9 Å². The van der Waals surface area contributed by atoms with Crippen molar-refractivity contribution in [2.24, 2.45) is 11.7 Å². The lowest BCUT2D eigenvalue weighted by atomic mass is 9.93. The molecule has 0 bridgehead atoms. The summed E-state index contributed by atoms with van der Waals surface area (Å²) in [6, 6.07) is 6.53. The van der Waals surface area contributed by atoms with E-state index in [2.05, 4.69) is 6.92 Å². The zero-order chi connectivity index (χ0) is 9.84. The van der Waals surface area contributed by atoms with Crippen molar-refractivity contribution in [2.75, 3.05) is 0 Å². The van der Waals surface area contributed by atoms with E-state index in [9.17, 15) is 4.39 Å². The van der Waals surface area contributed by atoms with Crippen LogP contribution in [0.25, 0.3) is 0 Å². The summed E-state index contributed by atoms with van der Waals surface area (Å²) < 4.78 is 13.3. The minimum atomic E-state index is -0.199. The van der Waals surface area contributed by atoms with Crippen molar-refractivity contribution in [3.63, 3.8) is 0 Å². The van der Waals surface area contributed by atoms with Gasteiger partial charge in [0.05, 0.1) is 0 Å². The van der Waals surface area contributed by atoms with Gasteiger partial charge in [-0.25, -0.2) is 4.39 Å². The van der Waals surface area contributed by atoms with Crippen LogP contribution in [0.2, 0.25) is 0 Å². The van der Waals surface area contributed by atoms with Crippen LogP contribution in [0.5, 0.6) is 0 Å². The van der Waals surface area contributed by atoms with E-state index in [0.29, 0.717) is 11.5 Å². The van der Waals surface area contributed by atoms with Crippen molar-refractivity contribution < 1.29 is 4.39 Å². The molecule has 0 spiro atoms. The molecule has 1 aromatic carbocycles. The third-order valence-corrected chi connectivity index (χ3v) is 2.52.